The van der Waals surface area contributed by atoms with Gasteiger partial charge >= 0.3 is 0 Å². The van der Waals surface area contributed by atoms with Gasteiger partial charge < -0.3 is 14.8 Å². The van der Waals surface area contributed by atoms with E-state index in [1.165, 1.54) is 11.8 Å². The van der Waals surface area contributed by atoms with E-state index >= 15 is 0 Å². The van der Waals surface area contributed by atoms with Crippen LogP contribution in [0.2, 0.25) is 0 Å². The number of methoxy groups -OCH3 is 1. The number of carbonyl (C=O) groups excluding carboxylic acids is 1. The van der Waals surface area contributed by atoms with Crippen LogP contribution in [-0.4, -0.2) is 23.9 Å². The zero-order valence-corrected chi connectivity index (χ0v) is 13.8. The molecule has 1 amide bonds. The second kappa shape index (κ2) is 6.95. The lowest BCUT2D eigenvalue weighted by Gasteiger charge is -2.12. The Labute approximate surface area is 133 Å². The number of thioether (sulfide) groups is 1. The fraction of sp³-hybridized carbons (Fsp3) is 0.333. The van der Waals surface area contributed by atoms with Gasteiger partial charge in [0.2, 0.25) is 0 Å². The summed E-state index contributed by atoms with van der Waals surface area (Å²) in [7, 11) is 1.60. The van der Waals surface area contributed by atoms with Crippen molar-refractivity contribution < 1.29 is 14.3 Å². The molecule has 6 heteroatoms. The third kappa shape index (κ3) is 4.22. The van der Waals surface area contributed by atoms with Gasteiger partial charge in [-0.2, -0.15) is 0 Å². The first-order valence-electron chi connectivity index (χ1n) is 6.55. The molecule has 112 valence electrons. The molecule has 4 nitrogen and oxygen atoms in total. The number of rotatable bonds is 5. The zero-order valence-electron chi connectivity index (χ0n) is 12.1. The smallest absolute Gasteiger partial charge is 0.263 e. The minimum atomic E-state index is -0.163. The maximum Gasteiger partial charge on any atom is 0.263 e. The number of nitrogens with one attached hydrogen (secondary N) is 1. The molecule has 21 heavy (non-hydrogen) atoms. The van der Waals surface area contributed by atoms with Gasteiger partial charge in [0.25, 0.3) is 5.91 Å². The molecule has 1 heterocycles. The first-order chi connectivity index (χ1) is 9.99. The molecular weight excluding hydrogens is 306 g/mol. The van der Waals surface area contributed by atoms with Crippen LogP contribution in [-0.2, 0) is 4.79 Å². The maximum absolute atomic E-state index is 11.6. The molecule has 0 saturated carbocycles. The number of carbonyl (C=O) groups is 1. The molecule has 1 aliphatic rings. The molecule has 0 aromatic heterocycles. The van der Waals surface area contributed by atoms with E-state index in [-0.39, 0.29) is 5.91 Å². The molecule has 1 aromatic rings. The lowest BCUT2D eigenvalue weighted by Crippen LogP contribution is -2.17. The van der Waals surface area contributed by atoms with Gasteiger partial charge in [-0.3, -0.25) is 4.79 Å². The number of hydrogen-bond donors (Lipinski definition) is 1. The Kier molecular flexibility index (Phi) is 5.25. The summed E-state index contributed by atoms with van der Waals surface area (Å²) in [5.41, 5.74) is 0.867. The van der Waals surface area contributed by atoms with Crippen LogP contribution in [0.4, 0.5) is 0 Å². The van der Waals surface area contributed by atoms with Crippen LogP contribution in [0.1, 0.15) is 19.4 Å². The monoisotopic (exact) mass is 323 g/mol. The van der Waals surface area contributed by atoms with E-state index < -0.39 is 0 Å². The first-order valence-corrected chi connectivity index (χ1v) is 7.77. The second-order valence-electron chi connectivity index (χ2n) is 4.97. The molecule has 1 aromatic carbocycles. The van der Waals surface area contributed by atoms with Gasteiger partial charge in [0.05, 0.1) is 18.6 Å². The molecule has 1 aliphatic heterocycles. The topological polar surface area (TPSA) is 47.6 Å². The van der Waals surface area contributed by atoms with Crippen molar-refractivity contribution in [1.29, 1.82) is 0 Å². The predicted octanol–water partition coefficient (Wildman–Crippen LogP) is 3.22. The Hall–Kier alpha value is -1.53. The van der Waals surface area contributed by atoms with Crippen molar-refractivity contribution in [3.05, 3.63) is 28.7 Å². The van der Waals surface area contributed by atoms with Crippen LogP contribution in [0.3, 0.4) is 0 Å². The summed E-state index contributed by atoms with van der Waals surface area (Å²) in [4.78, 5) is 12.2. The Morgan fingerprint density at radius 1 is 1.38 bits per heavy atom. The summed E-state index contributed by atoms with van der Waals surface area (Å²) >= 11 is 6.22. The highest BCUT2D eigenvalue weighted by Crippen LogP contribution is 2.31. The fourth-order valence-electron chi connectivity index (χ4n) is 1.72. The van der Waals surface area contributed by atoms with E-state index in [1.807, 2.05) is 18.2 Å². The molecule has 0 radical (unpaired) electrons. The van der Waals surface area contributed by atoms with E-state index in [2.05, 4.69) is 19.2 Å². The van der Waals surface area contributed by atoms with Crippen LogP contribution >= 0.6 is 24.0 Å². The van der Waals surface area contributed by atoms with Gasteiger partial charge in [0.1, 0.15) is 4.32 Å². The van der Waals surface area contributed by atoms with E-state index in [9.17, 15) is 4.79 Å². The summed E-state index contributed by atoms with van der Waals surface area (Å²) in [5.74, 6) is 1.63. The molecule has 1 N–H and O–H groups in total. The Morgan fingerprint density at radius 3 is 2.71 bits per heavy atom. The van der Waals surface area contributed by atoms with Crippen LogP contribution in [0.15, 0.2) is 23.1 Å². The van der Waals surface area contributed by atoms with Crippen LogP contribution < -0.4 is 14.8 Å². The Bertz CT molecular complexity index is 597. The number of benzene rings is 1. The predicted molar refractivity (Wildman–Crippen MR) is 89.6 cm³/mol. The average molecular weight is 323 g/mol. The van der Waals surface area contributed by atoms with Crippen LogP contribution in [0, 0.1) is 5.92 Å². The van der Waals surface area contributed by atoms with Gasteiger partial charge in [-0.1, -0.05) is 43.9 Å². The van der Waals surface area contributed by atoms with Gasteiger partial charge in [-0.05, 0) is 29.7 Å². The number of ether oxygens (including phenoxy) is 2. The summed E-state index contributed by atoms with van der Waals surface area (Å²) in [5, 5.41) is 2.59. The first kappa shape index (κ1) is 15.9. The van der Waals surface area contributed by atoms with E-state index in [1.54, 1.807) is 13.2 Å². The average Bonchev–Trinajstić information content (AvgIpc) is 2.75. The molecule has 0 aliphatic carbocycles. The standard InChI is InChI=1S/C15H17NO3S2/c1-9(2)8-19-11-5-4-10(6-12(11)18-3)7-13-14(17)16-15(20)21-13/h4-7,9H,8H2,1-3H3,(H,16,17,20)/b13-7-. The van der Waals surface area contributed by atoms with Gasteiger partial charge in [-0.15, -0.1) is 0 Å². The Balaban J connectivity index is 2.21. The molecular formula is C15H17NO3S2. The molecule has 0 unspecified atom stereocenters. The van der Waals surface area contributed by atoms with Crippen molar-refractivity contribution in [2.24, 2.45) is 5.92 Å². The highest BCUT2D eigenvalue weighted by atomic mass is 32.2. The molecule has 1 fully saturated rings. The number of hydrogen-bond acceptors (Lipinski definition) is 5. The van der Waals surface area contributed by atoms with E-state index in [4.69, 9.17) is 21.7 Å². The summed E-state index contributed by atoms with van der Waals surface area (Å²) < 4.78 is 11.5. The fourth-order valence-corrected chi connectivity index (χ4v) is 2.77. The summed E-state index contributed by atoms with van der Waals surface area (Å²) in [6, 6.07) is 5.59. The highest BCUT2D eigenvalue weighted by Gasteiger charge is 2.22. The minimum Gasteiger partial charge on any atom is -0.493 e. The lowest BCUT2D eigenvalue weighted by atomic mass is 10.2. The Morgan fingerprint density at radius 2 is 2.14 bits per heavy atom. The molecule has 2 rings (SSSR count). The lowest BCUT2D eigenvalue weighted by molar-refractivity contribution is -0.115. The van der Waals surface area contributed by atoms with Crippen molar-refractivity contribution in [2.75, 3.05) is 13.7 Å². The SMILES string of the molecule is COc1cc(/C=C2\SC(=S)NC2=O)ccc1OCC(C)C. The highest BCUT2D eigenvalue weighted by molar-refractivity contribution is 8.26. The van der Waals surface area contributed by atoms with Crippen molar-refractivity contribution in [2.45, 2.75) is 13.8 Å². The largest absolute Gasteiger partial charge is 0.493 e. The molecule has 1 saturated heterocycles. The van der Waals surface area contributed by atoms with Crippen molar-refractivity contribution >= 4 is 40.3 Å². The van der Waals surface area contributed by atoms with Crippen molar-refractivity contribution in [3.8, 4) is 11.5 Å². The van der Waals surface area contributed by atoms with Gasteiger partial charge in [-0.25, -0.2) is 0 Å². The van der Waals surface area contributed by atoms with Crippen LogP contribution in [0.5, 0.6) is 11.5 Å². The molecule has 0 bridgehead atoms. The molecule has 0 atom stereocenters. The van der Waals surface area contributed by atoms with Crippen LogP contribution in [0.25, 0.3) is 6.08 Å². The third-order valence-corrected chi connectivity index (χ3v) is 3.86. The van der Waals surface area contributed by atoms with Crippen molar-refractivity contribution in [1.82, 2.24) is 5.32 Å². The maximum atomic E-state index is 11.6. The van der Waals surface area contributed by atoms with E-state index in [0.717, 1.165) is 5.56 Å². The molecule has 0 spiro atoms. The number of amides is 1. The summed E-state index contributed by atoms with van der Waals surface area (Å²) in [6.45, 7) is 4.80. The van der Waals surface area contributed by atoms with E-state index in [0.29, 0.717) is 33.2 Å². The minimum absolute atomic E-state index is 0.163. The summed E-state index contributed by atoms with van der Waals surface area (Å²) in [6.07, 6.45) is 1.79. The van der Waals surface area contributed by atoms with Gasteiger partial charge in [0.15, 0.2) is 11.5 Å². The van der Waals surface area contributed by atoms with Gasteiger partial charge in [0, 0.05) is 0 Å². The second-order valence-corrected chi connectivity index (χ2v) is 6.69. The third-order valence-electron chi connectivity index (χ3n) is 2.70. The zero-order chi connectivity index (χ0) is 15.4. The normalized spacial score (nSPS) is 16.5. The quantitative estimate of drug-likeness (QED) is 0.666. The van der Waals surface area contributed by atoms with Crippen molar-refractivity contribution in [3.63, 3.8) is 0 Å². The number of thiocarbonyl (C=S) groups is 1.